The van der Waals surface area contributed by atoms with Gasteiger partial charge in [0.2, 0.25) is 0 Å². The van der Waals surface area contributed by atoms with Gasteiger partial charge in [-0.3, -0.25) is 0 Å². The summed E-state index contributed by atoms with van der Waals surface area (Å²) in [6, 6.07) is 6.06. The molecule has 0 atom stereocenters. The van der Waals surface area contributed by atoms with Crippen LogP contribution in [0.5, 0.6) is 11.5 Å². The summed E-state index contributed by atoms with van der Waals surface area (Å²) >= 11 is 1.73. The van der Waals surface area contributed by atoms with Gasteiger partial charge in [0.1, 0.15) is 5.01 Å². The zero-order chi connectivity index (χ0) is 19.5. The van der Waals surface area contributed by atoms with Gasteiger partial charge in [0.05, 0.1) is 20.8 Å². The highest BCUT2D eigenvalue weighted by atomic mass is 32.1. The van der Waals surface area contributed by atoms with E-state index in [2.05, 4.69) is 40.5 Å². The minimum atomic E-state index is 0.607. The first-order chi connectivity index (χ1) is 13.2. The maximum absolute atomic E-state index is 5.36. The van der Waals surface area contributed by atoms with Crippen LogP contribution < -0.4 is 20.1 Å². The lowest BCUT2D eigenvalue weighted by Gasteiger charge is -2.12. The number of guanidine groups is 1. The smallest absolute Gasteiger partial charge is 0.191 e. The van der Waals surface area contributed by atoms with Crippen molar-refractivity contribution in [3.8, 4) is 11.5 Å². The molecule has 148 valence electrons. The van der Waals surface area contributed by atoms with Crippen LogP contribution in [0.2, 0.25) is 0 Å². The lowest BCUT2D eigenvalue weighted by atomic mass is 10.1. The summed E-state index contributed by atoms with van der Waals surface area (Å²) in [5.74, 6) is 2.36. The number of nitrogens with one attached hydrogen (secondary N) is 2. The summed E-state index contributed by atoms with van der Waals surface area (Å²) in [6.07, 6.45) is 4.92. The van der Waals surface area contributed by atoms with E-state index in [1.807, 2.05) is 18.3 Å². The van der Waals surface area contributed by atoms with Crippen LogP contribution in [0.1, 0.15) is 35.7 Å². The quantitative estimate of drug-likeness (QED) is 0.370. The number of thiazole rings is 1. The van der Waals surface area contributed by atoms with Crippen molar-refractivity contribution >= 4 is 17.3 Å². The second-order valence-electron chi connectivity index (χ2n) is 5.99. The summed E-state index contributed by atoms with van der Waals surface area (Å²) < 4.78 is 10.6. The van der Waals surface area contributed by atoms with Crippen molar-refractivity contribution in [1.82, 2.24) is 15.6 Å². The number of hydrogen-bond acceptors (Lipinski definition) is 5. The summed E-state index contributed by atoms with van der Waals surface area (Å²) in [4.78, 5) is 10.4. The molecule has 0 saturated carbocycles. The van der Waals surface area contributed by atoms with Crippen LogP contribution in [0.4, 0.5) is 0 Å². The van der Waals surface area contributed by atoms with Crippen LogP contribution in [-0.4, -0.2) is 38.3 Å². The minimum absolute atomic E-state index is 0.607. The third-order valence-electron chi connectivity index (χ3n) is 4.05. The van der Waals surface area contributed by atoms with Crippen LogP contribution in [0.15, 0.2) is 29.4 Å². The van der Waals surface area contributed by atoms with E-state index in [9.17, 15) is 0 Å². The summed E-state index contributed by atoms with van der Waals surface area (Å²) in [5.41, 5.74) is 1.23. The molecule has 0 aliphatic carbocycles. The Morgan fingerprint density at radius 1 is 1.15 bits per heavy atom. The average Bonchev–Trinajstić information content (AvgIpc) is 3.17. The second-order valence-corrected chi connectivity index (χ2v) is 7.19. The molecule has 0 radical (unpaired) electrons. The number of benzene rings is 1. The first kappa shape index (κ1) is 21.0. The molecule has 6 nitrogen and oxygen atoms in total. The predicted molar refractivity (Wildman–Crippen MR) is 112 cm³/mol. The third-order valence-corrected chi connectivity index (χ3v) is 5.18. The van der Waals surface area contributed by atoms with Crippen molar-refractivity contribution in [2.24, 2.45) is 4.99 Å². The van der Waals surface area contributed by atoms with Crippen molar-refractivity contribution < 1.29 is 9.47 Å². The molecule has 0 amide bonds. The Hall–Kier alpha value is -2.28. The lowest BCUT2D eigenvalue weighted by Crippen LogP contribution is -2.37. The Bertz CT molecular complexity index is 731. The summed E-state index contributed by atoms with van der Waals surface area (Å²) in [5, 5.41) is 7.73. The van der Waals surface area contributed by atoms with E-state index < -0.39 is 0 Å². The van der Waals surface area contributed by atoms with Gasteiger partial charge in [-0.05, 0) is 43.9 Å². The van der Waals surface area contributed by atoms with E-state index in [1.54, 1.807) is 25.6 Å². The molecule has 1 aromatic carbocycles. The number of aryl methyl sites for hydroxylation is 2. The Morgan fingerprint density at radius 2 is 1.96 bits per heavy atom. The van der Waals surface area contributed by atoms with Gasteiger partial charge in [-0.1, -0.05) is 13.0 Å². The average molecular weight is 391 g/mol. The van der Waals surface area contributed by atoms with Crippen molar-refractivity contribution in [2.45, 2.75) is 39.7 Å². The van der Waals surface area contributed by atoms with Crippen molar-refractivity contribution in [3.63, 3.8) is 0 Å². The molecular weight excluding hydrogens is 360 g/mol. The molecule has 27 heavy (non-hydrogen) atoms. The number of aliphatic imine (C=N–C) groups is 1. The SMILES string of the molecule is CCNC(=NCc1ncc(CC)s1)NCCCc1ccc(OC)c(OC)c1. The number of methoxy groups -OCH3 is 2. The Labute approximate surface area is 166 Å². The van der Waals surface area contributed by atoms with Crippen LogP contribution in [0.3, 0.4) is 0 Å². The molecule has 7 heteroatoms. The van der Waals surface area contributed by atoms with Gasteiger partial charge in [-0.25, -0.2) is 9.98 Å². The fraction of sp³-hybridized carbons (Fsp3) is 0.500. The van der Waals surface area contributed by atoms with E-state index in [1.165, 1.54) is 10.4 Å². The highest BCUT2D eigenvalue weighted by molar-refractivity contribution is 7.11. The molecule has 0 aliphatic rings. The number of aromatic nitrogens is 1. The zero-order valence-electron chi connectivity index (χ0n) is 16.7. The van der Waals surface area contributed by atoms with Crippen LogP contribution in [-0.2, 0) is 19.4 Å². The topological polar surface area (TPSA) is 67.8 Å². The Morgan fingerprint density at radius 3 is 2.63 bits per heavy atom. The molecule has 0 unspecified atom stereocenters. The van der Waals surface area contributed by atoms with Crippen LogP contribution in [0.25, 0.3) is 0 Å². The molecule has 0 fully saturated rings. The van der Waals surface area contributed by atoms with Crippen LogP contribution >= 0.6 is 11.3 Å². The monoisotopic (exact) mass is 390 g/mol. The zero-order valence-corrected chi connectivity index (χ0v) is 17.5. The number of ether oxygens (including phenoxy) is 2. The number of nitrogens with zero attached hydrogens (tertiary/aromatic N) is 2. The van der Waals surface area contributed by atoms with E-state index in [0.29, 0.717) is 6.54 Å². The van der Waals surface area contributed by atoms with E-state index in [4.69, 9.17) is 9.47 Å². The molecule has 1 aromatic heterocycles. The first-order valence-corrected chi connectivity index (χ1v) is 10.2. The van der Waals surface area contributed by atoms with E-state index >= 15 is 0 Å². The molecule has 1 heterocycles. The van der Waals surface area contributed by atoms with Crippen LogP contribution in [0, 0.1) is 0 Å². The molecule has 0 aliphatic heterocycles. The van der Waals surface area contributed by atoms with Crippen molar-refractivity contribution in [1.29, 1.82) is 0 Å². The molecule has 0 spiro atoms. The lowest BCUT2D eigenvalue weighted by molar-refractivity contribution is 0.354. The predicted octanol–water partition coefficient (Wildman–Crippen LogP) is 3.41. The standard InChI is InChI=1S/C20H30N4O2S/c1-5-16-13-23-19(27-16)14-24-20(21-6-2)22-11-7-8-15-9-10-17(25-3)18(12-15)26-4/h9-10,12-13H,5-8,11,14H2,1-4H3,(H2,21,22,24). The van der Waals surface area contributed by atoms with Gasteiger partial charge in [0, 0.05) is 24.2 Å². The van der Waals surface area contributed by atoms with Gasteiger partial charge in [-0.15, -0.1) is 11.3 Å². The summed E-state index contributed by atoms with van der Waals surface area (Å²) in [7, 11) is 3.31. The normalized spacial score (nSPS) is 11.3. The Kier molecular flexibility index (Phi) is 8.91. The fourth-order valence-corrected chi connectivity index (χ4v) is 3.40. The fourth-order valence-electron chi connectivity index (χ4n) is 2.61. The largest absolute Gasteiger partial charge is 0.493 e. The molecule has 2 rings (SSSR count). The molecular formula is C20H30N4O2S. The minimum Gasteiger partial charge on any atom is -0.493 e. The highest BCUT2D eigenvalue weighted by Crippen LogP contribution is 2.27. The van der Waals surface area contributed by atoms with Crippen molar-refractivity contribution in [2.75, 3.05) is 27.3 Å². The van der Waals surface area contributed by atoms with Gasteiger partial charge in [0.25, 0.3) is 0 Å². The summed E-state index contributed by atoms with van der Waals surface area (Å²) in [6.45, 7) is 6.50. The van der Waals surface area contributed by atoms with Gasteiger partial charge in [-0.2, -0.15) is 0 Å². The third kappa shape index (κ3) is 6.75. The first-order valence-electron chi connectivity index (χ1n) is 9.36. The van der Waals surface area contributed by atoms with Crippen molar-refractivity contribution in [3.05, 3.63) is 39.8 Å². The van der Waals surface area contributed by atoms with Gasteiger partial charge in [0.15, 0.2) is 17.5 Å². The highest BCUT2D eigenvalue weighted by Gasteiger charge is 2.05. The van der Waals surface area contributed by atoms with E-state index in [0.717, 1.165) is 54.8 Å². The molecule has 2 aromatic rings. The van der Waals surface area contributed by atoms with Gasteiger partial charge < -0.3 is 20.1 Å². The Balaban J connectivity index is 1.82. The molecule has 0 saturated heterocycles. The number of hydrogen-bond donors (Lipinski definition) is 2. The number of rotatable bonds is 10. The second kappa shape index (κ2) is 11.4. The van der Waals surface area contributed by atoms with E-state index in [-0.39, 0.29) is 0 Å². The maximum atomic E-state index is 5.36. The maximum Gasteiger partial charge on any atom is 0.191 e. The van der Waals surface area contributed by atoms with Gasteiger partial charge >= 0.3 is 0 Å². The molecule has 2 N–H and O–H groups in total. The molecule has 0 bridgehead atoms.